The summed E-state index contributed by atoms with van der Waals surface area (Å²) >= 11 is 1.66. The topological polar surface area (TPSA) is 60.1 Å². The molecule has 1 aromatic carbocycles. The van der Waals surface area contributed by atoms with E-state index < -0.39 is 0 Å². The second-order valence-corrected chi connectivity index (χ2v) is 7.24. The molecule has 1 amide bonds. The van der Waals surface area contributed by atoms with Crippen LogP contribution in [0.2, 0.25) is 0 Å². The van der Waals surface area contributed by atoms with E-state index in [2.05, 4.69) is 16.5 Å². The first-order valence-corrected chi connectivity index (χ1v) is 9.33. The van der Waals surface area contributed by atoms with E-state index in [0.29, 0.717) is 17.9 Å². The minimum atomic E-state index is -0.218. The van der Waals surface area contributed by atoms with E-state index in [1.807, 2.05) is 60.3 Å². The lowest BCUT2D eigenvalue weighted by atomic mass is 10.2. The predicted molar refractivity (Wildman–Crippen MR) is 103 cm³/mol. The molecular formula is C20H19N3O2S. The molecule has 0 spiro atoms. The summed E-state index contributed by atoms with van der Waals surface area (Å²) in [6.07, 6.45) is 0. The van der Waals surface area contributed by atoms with E-state index in [9.17, 15) is 4.79 Å². The van der Waals surface area contributed by atoms with Crippen LogP contribution >= 0.6 is 11.3 Å². The first kappa shape index (κ1) is 16.6. The summed E-state index contributed by atoms with van der Waals surface area (Å²) in [6, 6.07) is 15.5. The molecule has 1 N–H and O–H groups in total. The number of hydrogen-bond acceptors (Lipinski definition) is 4. The third kappa shape index (κ3) is 3.15. The summed E-state index contributed by atoms with van der Waals surface area (Å²) in [6.45, 7) is 4.45. The van der Waals surface area contributed by atoms with Crippen LogP contribution in [0.25, 0.3) is 11.0 Å². The summed E-state index contributed by atoms with van der Waals surface area (Å²) in [7, 11) is 0. The molecule has 0 bridgehead atoms. The van der Waals surface area contributed by atoms with Crippen LogP contribution in [0.1, 0.15) is 32.9 Å². The van der Waals surface area contributed by atoms with Crippen LogP contribution in [0, 0.1) is 13.8 Å². The maximum absolute atomic E-state index is 12.6. The number of hydrogen-bond donors (Lipinski definition) is 1. The van der Waals surface area contributed by atoms with Gasteiger partial charge in [0.25, 0.3) is 5.91 Å². The van der Waals surface area contributed by atoms with E-state index >= 15 is 0 Å². The molecule has 0 radical (unpaired) electrons. The lowest BCUT2D eigenvalue weighted by molar-refractivity contribution is 0.0923. The van der Waals surface area contributed by atoms with Crippen LogP contribution < -0.4 is 5.32 Å². The van der Waals surface area contributed by atoms with Gasteiger partial charge in [-0.15, -0.1) is 11.3 Å². The number of nitrogens with one attached hydrogen (secondary N) is 1. The van der Waals surface area contributed by atoms with Crippen LogP contribution in [-0.4, -0.2) is 22.2 Å². The molecule has 132 valence electrons. The summed E-state index contributed by atoms with van der Waals surface area (Å²) < 4.78 is 7.63. The number of fused-ring (bicyclic) bond motifs is 1. The molecule has 0 aliphatic heterocycles. The number of aryl methyl sites for hydroxylation is 2. The van der Waals surface area contributed by atoms with Crippen molar-refractivity contribution in [1.29, 1.82) is 0 Å². The van der Waals surface area contributed by atoms with E-state index in [0.717, 1.165) is 21.7 Å². The molecular weight excluding hydrogens is 346 g/mol. The van der Waals surface area contributed by atoms with Crippen LogP contribution in [-0.2, 0) is 0 Å². The molecule has 1 unspecified atom stereocenters. The van der Waals surface area contributed by atoms with Gasteiger partial charge in [-0.1, -0.05) is 24.3 Å². The van der Waals surface area contributed by atoms with Gasteiger partial charge in [0.1, 0.15) is 11.6 Å². The minimum absolute atomic E-state index is 0.0444. The summed E-state index contributed by atoms with van der Waals surface area (Å²) in [4.78, 5) is 13.7. The molecule has 0 saturated carbocycles. The molecule has 26 heavy (non-hydrogen) atoms. The third-order valence-electron chi connectivity index (χ3n) is 4.32. The highest BCUT2D eigenvalue weighted by molar-refractivity contribution is 7.10. The van der Waals surface area contributed by atoms with Crippen molar-refractivity contribution in [3.05, 3.63) is 75.9 Å². The molecule has 5 nitrogen and oxygen atoms in total. The monoisotopic (exact) mass is 365 g/mol. The largest absolute Gasteiger partial charge is 0.451 e. The lowest BCUT2D eigenvalue weighted by Crippen LogP contribution is -2.31. The van der Waals surface area contributed by atoms with Crippen LogP contribution in [0.5, 0.6) is 0 Å². The molecule has 6 heteroatoms. The smallest absolute Gasteiger partial charge is 0.287 e. The molecule has 0 aliphatic rings. The zero-order chi connectivity index (χ0) is 18.1. The quantitative estimate of drug-likeness (QED) is 0.573. The Morgan fingerprint density at radius 3 is 2.77 bits per heavy atom. The Hall–Kier alpha value is -2.86. The Bertz CT molecular complexity index is 1010. The first-order valence-electron chi connectivity index (χ1n) is 8.45. The van der Waals surface area contributed by atoms with Crippen molar-refractivity contribution in [2.24, 2.45) is 0 Å². The average Bonchev–Trinajstić information content (AvgIpc) is 3.35. The van der Waals surface area contributed by atoms with Crippen LogP contribution in [0.3, 0.4) is 0 Å². The highest BCUT2D eigenvalue weighted by Gasteiger charge is 2.20. The fraction of sp³-hybridized carbons (Fsp3) is 0.200. The number of benzene rings is 1. The Kier molecular flexibility index (Phi) is 4.34. The second kappa shape index (κ2) is 6.80. The lowest BCUT2D eigenvalue weighted by Gasteiger charge is -2.18. The van der Waals surface area contributed by atoms with Gasteiger partial charge in [0, 0.05) is 22.5 Å². The molecule has 0 saturated heterocycles. The Morgan fingerprint density at radius 2 is 2.08 bits per heavy atom. The first-order chi connectivity index (χ1) is 12.6. The fourth-order valence-electron chi connectivity index (χ4n) is 3.12. The van der Waals surface area contributed by atoms with Gasteiger partial charge in [-0.25, -0.2) is 0 Å². The van der Waals surface area contributed by atoms with Gasteiger partial charge in [0.15, 0.2) is 5.76 Å². The van der Waals surface area contributed by atoms with Gasteiger partial charge in [0.05, 0.1) is 5.69 Å². The van der Waals surface area contributed by atoms with Gasteiger partial charge in [-0.3, -0.25) is 9.48 Å². The van der Waals surface area contributed by atoms with Gasteiger partial charge < -0.3 is 9.73 Å². The minimum Gasteiger partial charge on any atom is -0.451 e. The standard InChI is InChI=1S/C20H19N3O2S/c1-13-10-14(2)23(22-13)16(19-8-5-9-26-19)12-21-20(24)18-11-15-6-3-4-7-17(15)25-18/h3-11,16H,12H2,1-2H3,(H,21,24). The molecule has 3 heterocycles. The normalized spacial score (nSPS) is 12.4. The number of nitrogens with zero attached hydrogens (tertiary/aromatic N) is 2. The summed E-state index contributed by atoms with van der Waals surface area (Å²) in [5.74, 6) is 0.105. The van der Waals surface area contributed by atoms with Crippen molar-refractivity contribution in [3.63, 3.8) is 0 Å². The number of rotatable bonds is 5. The van der Waals surface area contributed by atoms with E-state index in [1.165, 1.54) is 0 Å². The van der Waals surface area contributed by atoms with Crippen molar-refractivity contribution < 1.29 is 9.21 Å². The number of amides is 1. The maximum Gasteiger partial charge on any atom is 0.287 e. The van der Waals surface area contributed by atoms with Crippen molar-refractivity contribution in [1.82, 2.24) is 15.1 Å². The van der Waals surface area contributed by atoms with Crippen LogP contribution in [0.4, 0.5) is 0 Å². The summed E-state index contributed by atoms with van der Waals surface area (Å²) in [5, 5.41) is 10.6. The number of aromatic nitrogens is 2. The predicted octanol–water partition coefficient (Wildman–Crippen LogP) is 4.33. The third-order valence-corrected chi connectivity index (χ3v) is 5.29. The van der Waals surface area contributed by atoms with Gasteiger partial charge in [-0.2, -0.15) is 5.10 Å². The summed E-state index contributed by atoms with van der Waals surface area (Å²) in [5.41, 5.74) is 2.75. The second-order valence-electron chi connectivity index (χ2n) is 6.26. The molecule has 4 aromatic rings. The number of para-hydroxylation sites is 1. The zero-order valence-electron chi connectivity index (χ0n) is 14.6. The highest BCUT2D eigenvalue weighted by atomic mass is 32.1. The van der Waals surface area contributed by atoms with E-state index in [4.69, 9.17) is 4.42 Å². The van der Waals surface area contributed by atoms with Crippen LogP contribution in [0.15, 0.2) is 58.3 Å². The maximum atomic E-state index is 12.6. The van der Waals surface area contributed by atoms with Crippen molar-refractivity contribution in [2.75, 3.05) is 6.54 Å². The Labute approximate surface area is 155 Å². The van der Waals surface area contributed by atoms with Crippen molar-refractivity contribution in [2.45, 2.75) is 19.9 Å². The fourth-order valence-corrected chi connectivity index (χ4v) is 3.93. The molecule has 4 rings (SSSR count). The van der Waals surface area contributed by atoms with Gasteiger partial charge >= 0.3 is 0 Å². The van der Waals surface area contributed by atoms with E-state index in [1.54, 1.807) is 17.4 Å². The van der Waals surface area contributed by atoms with E-state index in [-0.39, 0.29) is 11.9 Å². The molecule has 3 aromatic heterocycles. The molecule has 0 fully saturated rings. The Morgan fingerprint density at radius 1 is 1.23 bits per heavy atom. The van der Waals surface area contributed by atoms with Gasteiger partial charge in [0.2, 0.25) is 0 Å². The number of carbonyl (C=O) groups excluding carboxylic acids is 1. The molecule has 0 aliphatic carbocycles. The van der Waals surface area contributed by atoms with Crippen molar-refractivity contribution in [3.8, 4) is 0 Å². The highest BCUT2D eigenvalue weighted by Crippen LogP contribution is 2.24. The number of carbonyl (C=O) groups is 1. The van der Waals surface area contributed by atoms with Crippen molar-refractivity contribution >= 4 is 28.2 Å². The Balaban J connectivity index is 1.56. The number of thiophene rings is 1. The molecule has 1 atom stereocenters. The average molecular weight is 365 g/mol. The van der Waals surface area contributed by atoms with Gasteiger partial charge in [-0.05, 0) is 43.5 Å². The number of furan rings is 1. The SMILES string of the molecule is Cc1cc(C)n(C(CNC(=O)c2cc3ccccc3o2)c2cccs2)n1. The zero-order valence-corrected chi connectivity index (χ0v) is 15.4.